The minimum absolute atomic E-state index is 0.387. The molecular weight excluding hydrogens is 302 g/mol. The van der Waals surface area contributed by atoms with Crippen molar-refractivity contribution >= 4 is 15.9 Å². The topological polar surface area (TPSA) is 12.5 Å². The fourth-order valence-corrected chi connectivity index (χ4v) is 3.51. The summed E-state index contributed by atoms with van der Waals surface area (Å²) in [4.78, 5) is 2.44. The molecule has 0 saturated carbocycles. The van der Waals surface area contributed by atoms with Crippen molar-refractivity contribution in [2.24, 2.45) is 5.41 Å². The van der Waals surface area contributed by atoms with Crippen LogP contribution in [-0.4, -0.2) is 37.0 Å². The van der Waals surface area contributed by atoms with E-state index >= 15 is 0 Å². The van der Waals surface area contributed by atoms with Gasteiger partial charge in [-0.25, -0.2) is 0 Å². The molecule has 0 N–H and O–H groups in total. The minimum atomic E-state index is 0.387. The van der Waals surface area contributed by atoms with Gasteiger partial charge in [0.1, 0.15) is 0 Å². The van der Waals surface area contributed by atoms with Crippen molar-refractivity contribution in [1.29, 1.82) is 0 Å². The Balaban J connectivity index is 1.92. The van der Waals surface area contributed by atoms with E-state index in [4.69, 9.17) is 4.74 Å². The highest BCUT2D eigenvalue weighted by Gasteiger charge is 2.32. The van der Waals surface area contributed by atoms with Crippen molar-refractivity contribution in [2.45, 2.75) is 26.3 Å². The molecular formula is C16H24BrNO. The summed E-state index contributed by atoms with van der Waals surface area (Å²) in [6.45, 7) is 6.11. The van der Waals surface area contributed by atoms with E-state index in [1.54, 1.807) is 0 Å². The Morgan fingerprint density at radius 1 is 1.21 bits per heavy atom. The van der Waals surface area contributed by atoms with Crippen LogP contribution in [0, 0.1) is 12.3 Å². The molecule has 106 valence electrons. The maximum atomic E-state index is 5.50. The number of hydrogen-bond donors (Lipinski definition) is 0. The lowest BCUT2D eigenvalue weighted by molar-refractivity contribution is 0.0110. The van der Waals surface area contributed by atoms with Gasteiger partial charge in [0, 0.05) is 31.6 Å². The Labute approximate surface area is 125 Å². The van der Waals surface area contributed by atoms with Crippen LogP contribution in [0.1, 0.15) is 24.0 Å². The van der Waals surface area contributed by atoms with E-state index in [0.29, 0.717) is 5.41 Å². The Morgan fingerprint density at radius 3 is 2.42 bits per heavy atom. The van der Waals surface area contributed by atoms with Crippen molar-refractivity contribution in [3.63, 3.8) is 0 Å². The zero-order valence-corrected chi connectivity index (χ0v) is 13.6. The highest BCUT2D eigenvalue weighted by molar-refractivity contribution is 9.09. The summed E-state index contributed by atoms with van der Waals surface area (Å²) in [5, 5.41) is 1.07. The molecule has 0 aliphatic carbocycles. The van der Waals surface area contributed by atoms with E-state index in [9.17, 15) is 0 Å². The summed E-state index contributed by atoms with van der Waals surface area (Å²) < 4.78 is 5.50. The SMILES string of the molecule is Cc1ccc(CN(C)CC2(CBr)CCOCC2)cc1. The predicted molar refractivity (Wildman–Crippen MR) is 83.8 cm³/mol. The first-order chi connectivity index (χ1) is 9.13. The molecule has 1 heterocycles. The summed E-state index contributed by atoms with van der Waals surface area (Å²) in [7, 11) is 2.22. The van der Waals surface area contributed by atoms with Gasteiger partial charge in [-0.05, 0) is 37.8 Å². The van der Waals surface area contributed by atoms with E-state index in [1.807, 2.05) is 0 Å². The van der Waals surface area contributed by atoms with Crippen LogP contribution in [0.2, 0.25) is 0 Å². The first-order valence-electron chi connectivity index (χ1n) is 7.01. The Bertz CT molecular complexity index is 384. The Morgan fingerprint density at radius 2 is 1.84 bits per heavy atom. The molecule has 2 nitrogen and oxygen atoms in total. The number of rotatable bonds is 5. The second-order valence-corrected chi connectivity index (χ2v) is 6.46. The highest BCUT2D eigenvalue weighted by Crippen LogP contribution is 2.33. The van der Waals surface area contributed by atoms with Gasteiger partial charge in [-0.3, -0.25) is 0 Å². The average molecular weight is 326 g/mol. The number of ether oxygens (including phenoxy) is 1. The molecule has 1 fully saturated rings. The molecule has 0 spiro atoms. The molecule has 0 radical (unpaired) electrons. The zero-order valence-electron chi connectivity index (χ0n) is 12.0. The third kappa shape index (κ3) is 4.30. The van der Waals surface area contributed by atoms with Gasteiger partial charge < -0.3 is 9.64 Å². The van der Waals surface area contributed by atoms with E-state index in [2.05, 4.69) is 59.1 Å². The molecule has 0 atom stereocenters. The van der Waals surface area contributed by atoms with Gasteiger partial charge in [0.25, 0.3) is 0 Å². The molecule has 1 aliphatic heterocycles. The third-order valence-corrected chi connectivity index (χ3v) is 5.20. The third-order valence-electron chi connectivity index (χ3n) is 4.02. The minimum Gasteiger partial charge on any atom is -0.381 e. The monoisotopic (exact) mass is 325 g/mol. The predicted octanol–water partition coefficient (Wildman–Crippen LogP) is 3.62. The van der Waals surface area contributed by atoms with E-state index in [-0.39, 0.29) is 0 Å². The van der Waals surface area contributed by atoms with Gasteiger partial charge in [-0.15, -0.1) is 0 Å². The zero-order chi connectivity index (χ0) is 13.7. The molecule has 2 rings (SSSR count). The first-order valence-corrected chi connectivity index (χ1v) is 8.13. The first kappa shape index (κ1) is 15.0. The summed E-state index contributed by atoms with van der Waals surface area (Å²) in [6.07, 6.45) is 2.33. The van der Waals surface area contributed by atoms with Gasteiger partial charge in [0.05, 0.1) is 0 Å². The van der Waals surface area contributed by atoms with Crippen molar-refractivity contribution in [3.8, 4) is 0 Å². The fourth-order valence-electron chi connectivity index (χ4n) is 2.77. The lowest BCUT2D eigenvalue weighted by Crippen LogP contribution is -2.41. The quantitative estimate of drug-likeness (QED) is 0.767. The lowest BCUT2D eigenvalue weighted by Gasteiger charge is -2.38. The summed E-state index contributed by atoms with van der Waals surface area (Å²) in [6, 6.07) is 8.85. The van der Waals surface area contributed by atoms with Crippen LogP contribution in [0.5, 0.6) is 0 Å². The lowest BCUT2D eigenvalue weighted by atomic mass is 9.82. The van der Waals surface area contributed by atoms with Gasteiger partial charge in [-0.1, -0.05) is 45.8 Å². The highest BCUT2D eigenvalue weighted by atomic mass is 79.9. The largest absolute Gasteiger partial charge is 0.381 e. The van der Waals surface area contributed by atoms with Gasteiger partial charge in [0.2, 0.25) is 0 Å². The second kappa shape index (κ2) is 6.87. The number of hydrogen-bond acceptors (Lipinski definition) is 2. The molecule has 1 aromatic rings. The summed E-state index contributed by atoms with van der Waals surface area (Å²) >= 11 is 3.71. The Kier molecular flexibility index (Phi) is 5.43. The van der Waals surface area contributed by atoms with Crippen LogP contribution in [0.15, 0.2) is 24.3 Å². The van der Waals surface area contributed by atoms with E-state index in [1.165, 1.54) is 11.1 Å². The number of halogens is 1. The fraction of sp³-hybridized carbons (Fsp3) is 0.625. The number of nitrogens with zero attached hydrogens (tertiary/aromatic N) is 1. The molecule has 3 heteroatoms. The van der Waals surface area contributed by atoms with Crippen molar-refractivity contribution in [3.05, 3.63) is 35.4 Å². The maximum absolute atomic E-state index is 5.50. The smallest absolute Gasteiger partial charge is 0.0472 e. The summed E-state index contributed by atoms with van der Waals surface area (Å²) in [5.41, 5.74) is 3.11. The van der Waals surface area contributed by atoms with Crippen molar-refractivity contribution in [1.82, 2.24) is 4.90 Å². The molecule has 1 aliphatic rings. The van der Waals surface area contributed by atoms with Crippen LogP contribution < -0.4 is 0 Å². The number of alkyl halides is 1. The van der Waals surface area contributed by atoms with Gasteiger partial charge >= 0.3 is 0 Å². The average Bonchev–Trinajstić information content (AvgIpc) is 2.42. The number of aryl methyl sites for hydroxylation is 1. The van der Waals surface area contributed by atoms with Crippen LogP contribution in [-0.2, 0) is 11.3 Å². The maximum Gasteiger partial charge on any atom is 0.0472 e. The molecule has 0 amide bonds. The molecule has 1 saturated heterocycles. The van der Waals surface area contributed by atoms with Crippen LogP contribution >= 0.6 is 15.9 Å². The number of benzene rings is 1. The molecule has 0 aromatic heterocycles. The van der Waals surface area contributed by atoms with Gasteiger partial charge in [-0.2, -0.15) is 0 Å². The Hall–Kier alpha value is -0.380. The normalized spacial score (nSPS) is 18.7. The van der Waals surface area contributed by atoms with E-state index in [0.717, 1.165) is 44.5 Å². The standard InChI is InChI=1S/C16H24BrNO/c1-14-3-5-15(6-4-14)11-18(2)13-16(12-17)7-9-19-10-8-16/h3-6H,7-13H2,1-2H3. The van der Waals surface area contributed by atoms with Crippen molar-refractivity contribution < 1.29 is 4.74 Å². The molecule has 19 heavy (non-hydrogen) atoms. The molecule has 0 bridgehead atoms. The van der Waals surface area contributed by atoms with Crippen LogP contribution in [0.4, 0.5) is 0 Å². The van der Waals surface area contributed by atoms with E-state index < -0.39 is 0 Å². The van der Waals surface area contributed by atoms with Crippen LogP contribution in [0.25, 0.3) is 0 Å². The second-order valence-electron chi connectivity index (χ2n) is 5.90. The molecule has 1 aromatic carbocycles. The van der Waals surface area contributed by atoms with Gasteiger partial charge in [0.15, 0.2) is 0 Å². The summed E-state index contributed by atoms with van der Waals surface area (Å²) in [5.74, 6) is 0. The molecule has 0 unspecified atom stereocenters. The van der Waals surface area contributed by atoms with Crippen LogP contribution in [0.3, 0.4) is 0 Å². The van der Waals surface area contributed by atoms with Crippen molar-refractivity contribution in [2.75, 3.05) is 32.1 Å².